The van der Waals surface area contributed by atoms with Gasteiger partial charge in [0.25, 0.3) is 5.91 Å². The van der Waals surface area contributed by atoms with E-state index in [1.54, 1.807) is 5.51 Å². The van der Waals surface area contributed by atoms with Crippen LogP contribution in [0.5, 0.6) is 0 Å². The molecule has 2 spiro atoms. The molecule has 0 radical (unpaired) electrons. The average Bonchev–Trinajstić information content (AvgIpc) is 3.50. The Morgan fingerprint density at radius 1 is 1.17 bits per heavy atom. The fraction of sp³-hybridized carbons (Fsp3) is 0.364. The van der Waals surface area contributed by atoms with Crippen molar-refractivity contribution >= 4 is 22.9 Å². The van der Waals surface area contributed by atoms with Crippen LogP contribution in [0.4, 0.5) is 5.69 Å². The predicted octanol–water partition coefficient (Wildman–Crippen LogP) is 3.65. The fourth-order valence-corrected chi connectivity index (χ4v) is 5.71. The first kappa shape index (κ1) is 17.2. The highest BCUT2D eigenvalue weighted by Crippen LogP contribution is 2.50. The van der Waals surface area contributed by atoms with Crippen LogP contribution >= 0.6 is 11.3 Å². The number of aromatic nitrogens is 2. The van der Waals surface area contributed by atoms with Crippen LogP contribution < -0.4 is 5.32 Å². The van der Waals surface area contributed by atoms with Crippen molar-refractivity contribution in [1.82, 2.24) is 14.5 Å². The average molecular weight is 407 g/mol. The van der Waals surface area contributed by atoms with Crippen molar-refractivity contribution in [3.05, 3.63) is 64.9 Å². The Labute approximate surface area is 173 Å². The minimum absolute atomic E-state index is 0.0346. The summed E-state index contributed by atoms with van der Waals surface area (Å²) in [5.41, 5.74) is 5.44. The molecule has 3 aromatic rings. The van der Waals surface area contributed by atoms with E-state index in [1.807, 2.05) is 10.3 Å². The highest BCUT2D eigenvalue weighted by atomic mass is 32.1. The molecule has 0 aliphatic carbocycles. The van der Waals surface area contributed by atoms with Gasteiger partial charge in [0, 0.05) is 31.1 Å². The predicted molar refractivity (Wildman–Crippen MR) is 112 cm³/mol. The Kier molecular flexibility index (Phi) is 3.67. The molecule has 6 nitrogen and oxygen atoms in total. The van der Waals surface area contributed by atoms with Gasteiger partial charge in [0.15, 0.2) is 0 Å². The van der Waals surface area contributed by atoms with Crippen molar-refractivity contribution in [2.75, 3.05) is 25.0 Å². The highest BCUT2D eigenvalue weighted by molar-refractivity contribution is 7.07. The maximum Gasteiger partial charge on any atom is 0.273 e. The number of ether oxygens (including phenoxy) is 1. The van der Waals surface area contributed by atoms with Crippen molar-refractivity contribution < 1.29 is 9.53 Å². The summed E-state index contributed by atoms with van der Waals surface area (Å²) in [6.07, 6.45) is 4.76. The molecule has 1 atom stereocenters. The van der Waals surface area contributed by atoms with E-state index in [1.165, 1.54) is 22.7 Å². The maximum absolute atomic E-state index is 12.6. The Morgan fingerprint density at radius 2 is 2.03 bits per heavy atom. The minimum Gasteiger partial charge on any atom is -0.372 e. The zero-order valence-electron chi connectivity index (χ0n) is 16.0. The smallest absolute Gasteiger partial charge is 0.273 e. The molecule has 2 fully saturated rings. The van der Waals surface area contributed by atoms with Crippen LogP contribution in [0.1, 0.15) is 35.4 Å². The van der Waals surface area contributed by atoms with E-state index >= 15 is 0 Å². The van der Waals surface area contributed by atoms with Gasteiger partial charge in [0.1, 0.15) is 11.2 Å². The van der Waals surface area contributed by atoms with E-state index in [9.17, 15) is 4.79 Å². The number of para-hydroxylation sites is 2. The number of fused-ring (bicyclic) bond motifs is 4. The fourth-order valence-electron chi connectivity index (χ4n) is 5.18. The lowest BCUT2D eigenvalue weighted by atomic mass is 9.79. The van der Waals surface area contributed by atoms with Gasteiger partial charge in [-0.05, 0) is 37.1 Å². The molecule has 5 heterocycles. The molecule has 6 rings (SSSR count). The topological polar surface area (TPSA) is 59.4 Å². The number of hydrogen-bond acceptors (Lipinski definition) is 5. The van der Waals surface area contributed by atoms with Gasteiger partial charge in [0.2, 0.25) is 0 Å². The number of piperidine rings is 1. The summed E-state index contributed by atoms with van der Waals surface area (Å²) in [5, 5.41) is 5.63. The Morgan fingerprint density at radius 3 is 2.86 bits per heavy atom. The van der Waals surface area contributed by atoms with Gasteiger partial charge in [-0.25, -0.2) is 4.98 Å². The van der Waals surface area contributed by atoms with Crippen molar-refractivity contribution in [1.29, 1.82) is 0 Å². The number of amides is 1. The molecule has 3 aliphatic heterocycles. The molecule has 29 heavy (non-hydrogen) atoms. The van der Waals surface area contributed by atoms with Gasteiger partial charge < -0.3 is 19.5 Å². The molecule has 2 saturated heterocycles. The second kappa shape index (κ2) is 6.18. The van der Waals surface area contributed by atoms with Crippen molar-refractivity contribution in [3.8, 4) is 5.69 Å². The lowest BCUT2D eigenvalue weighted by molar-refractivity contribution is -0.0393. The summed E-state index contributed by atoms with van der Waals surface area (Å²) < 4.78 is 8.79. The third kappa shape index (κ3) is 2.57. The van der Waals surface area contributed by atoms with Gasteiger partial charge >= 0.3 is 0 Å². The molecule has 3 aliphatic rings. The van der Waals surface area contributed by atoms with Gasteiger partial charge in [-0.3, -0.25) is 4.79 Å². The zero-order chi connectivity index (χ0) is 19.5. The molecule has 1 aromatic carbocycles. The van der Waals surface area contributed by atoms with Crippen molar-refractivity contribution in [2.24, 2.45) is 0 Å². The number of thiazole rings is 1. The zero-order valence-corrected chi connectivity index (χ0v) is 16.8. The molecule has 7 heteroatoms. The number of carbonyl (C=O) groups is 1. The third-order valence-electron chi connectivity index (χ3n) is 6.64. The molecular formula is C22H22N4O2S. The molecule has 148 valence electrons. The number of nitrogens with one attached hydrogen (secondary N) is 1. The number of hydrogen-bond donors (Lipinski definition) is 1. The van der Waals surface area contributed by atoms with Crippen LogP contribution in [0.2, 0.25) is 0 Å². The molecule has 1 amide bonds. The first-order valence-electron chi connectivity index (χ1n) is 10.1. The van der Waals surface area contributed by atoms with E-state index in [-0.39, 0.29) is 17.0 Å². The van der Waals surface area contributed by atoms with Gasteiger partial charge in [-0.15, -0.1) is 11.3 Å². The van der Waals surface area contributed by atoms with Crippen LogP contribution in [-0.2, 0) is 10.3 Å². The van der Waals surface area contributed by atoms with Crippen LogP contribution in [0.3, 0.4) is 0 Å². The number of anilines is 1. The molecule has 2 aromatic heterocycles. The molecule has 1 unspecified atom stereocenters. The highest BCUT2D eigenvalue weighted by Gasteiger charge is 2.54. The minimum atomic E-state index is -0.223. The van der Waals surface area contributed by atoms with Crippen LogP contribution in [0.25, 0.3) is 5.69 Å². The van der Waals surface area contributed by atoms with Crippen molar-refractivity contribution in [2.45, 2.75) is 30.4 Å². The summed E-state index contributed by atoms with van der Waals surface area (Å²) in [6.45, 7) is 2.07. The second-order valence-corrected chi connectivity index (χ2v) is 9.02. The van der Waals surface area contributed by atoms with Crippen molar-refractivity contribution in [3.63, 3.8) is 0 Å². The summed E-state index contributed by atoms with van der Waals surface area (Å²) in [5.74, 6) is 0.0346. The van der Waals surface area contributed by atoms with Crippen LogP contribution in [0, 0.1) is 0 Å². The Hall–Kier alpha value is -2.64. The lowest BCUT2D eigenvalue weighted by Gasteiger charge is -2.41. The number of carbonyl (C=O) groups excluding carboxylic acids is 1. The van der Waals surface area contributed by atoms with E-state index in [0.717, 1.165) is 24.9 Å². The van der Waals surface area contributed by atoms with Crippen LogP contribution in [-0.4, -0.2) is 45.7 Å². The third-order valence-corrected chi connectivity index (χ3v) is 7.23. The monoisotopic (exact) mass is 406 g/mol. The largest absolute Gasteiger partial charge is 0.372 e. The number of likely N-dealkylation sites (tertiary alicyclic amines) is 1. The summed E-state index contributed by atoms with van der Waals surface area (Å²) >= 11 is 1.46. The van der Waals surface area contributed by atoms with E-state index < -0.39 is 0 Å². The van der Waals surface area contributed by atoms with Gasteiger partial charge in [0.05, 0.1) is 34.8 Å². The van der Waals surface area contributed by atoms with E-state index in [4.69, 9.17) is 4.74 Å². The first-order valence-corrected chi connectivity index (χ1v) is 11.0. The Balaban J connectivity index is 1.25. The standard InChI is InChI=1S/C22H22N4O2S/c27-20(17-12-29-15-23-17)25-10-7-21(8-11-25)13-22(14-28-21)19-6-3-9-26(19)18-5-2-1-4-16(18)24-22/h1-6,9,12,15,24H,7-8,10-11,13-14H2. The molecule has 1 N–H and O–H groups in total. The normalized spacial score (nSPS) is 24.3. The number of benzene rings is 1. The van der Waals surface area contributed by atoms with E-state index in [0.29, 0.717) is 25.4 Å². The maximum atomic E-state index is 12.6. The second-order valence-electron chi connectivity index (χ2n) is 8.30. The van der Waals surface area contributed by atoms with Gasteiger partial charge in [-0.2, -0.15) is 0 Å². The van der Waals surface area contributed by atoms with E-state index in [2.05, 4.69) is 57.5 Å². The Bertz CT molecular complexity index is 1070. The number of rotatable bonds is 1. The quantitative estimate of drug-likeness (QED) is 0.670. The summed E-state index contributed by atoms with van der Waals surface area (Å²) in [6, 6.07) is 12.7. The molecular weight excluding hydrogens is 384 g/mol. The summed E-state index contributed by atoms with van der Waals surface area (Å²) in [7, 11) is 0. The van der Waals surface area contributed by atoms with Gasteiger partial charge in [-0.1, -0.05) is 12.1 Å². The SMILES string of the molecule is O=C(c1cscn1)N1CCC2(CC1)CC1(CO2)Nc2ccccc2-n2cccc21. The van der Waals surface area contributed by atoms with Crippen LogP contribution in [0.15, 0.2) is 53.5 Å². The lowest BCUT2D eigenvalue weighted by Crippen LogP contribution is -2.48. The molecule has 0 saturated carbocycles. The molecule has 0 bridgehead atoms. The number of nitrogens with zero attached hydrogens (tertiary/aromatic N) is 3. The first-order chi connectivity index (χ1) is 14.2. The summed E-state index contributed by atoms with van der Waals surface area (Å²) in [4.78, 5) is 18.7.